The Morgan fingerprint density at radius 3 is 2.83 bits per heavy atom. The molecule has 1 N–H and O–H groups in total. The number of halogens is 1. The summed E-state index contributed by atoms with van der Waals surface area (Å²) in [5.74, 6) is 0.746. The molecule has 1 saturated carbocycles. The summed E-state index contributed by atoms with van der Waals surface area (Å²) in [7, 11) is 0. The Morgan fingerprint density at radius 2 is 2.17 bits per heavy atom. The topological polar surface area (TPSA) is 94.6 Å². The maximum atomic E-state index is 11.8. The van der Waals surface area contributed by atoms with Crippen molar-refractivity contribution < 1.29 is 18.9 Å². The summed E-state index contributed by atoms with van der Waals surface area (Å²) in [6.07, 6.45) is 2.00. The fourth-order valence-electron chi connectivity index (χ4n) is 1.93. The first kappa shape index (κ1) is 15.4. The highest BCUT2D eigenvalue weighted by Crippen LogP contribution is 2.29. The van der Waals surface area contributed by atoms with Crippen molar-refractivity contribution in [1.29, 1.82) is 0 Å². The minimum absolute atomic E-state index is 0.0637. The van der Waals surface area contributed by atoms with E-state index in [0.29, 0.717) is 11.5 Å². The quantitative estimate of drug-likeness (QED) is 0.645. The van der Waals surface area contributed by atoms with Gasteiger partial charge >= 0.3 is 0 Å². The molecule has 1 aliphatic rings. The van der Waals surface area contributed by atoms with Gasteiger partial charge in [0, 0.05) is 18.2 Å². The molecule has 0 spiro atoms. The van der Waals surface area contributed by atoms with Gasteiger partial charge in [0.25, 0.3) is 11.6 Å². The van der Waals surface area contributed by atoms with Gasteiger partial charge in [0.05, 0.1) is 9.95 Å². The molecule has 0 atom stereocenters. The van der Waals surface area contributed by atoms with Crippen LogP contribution in [0, 0.1) is 10.1 Å². The minimum atomic E-state index is -0.535. The number of nitrogens with zero attached hydrogens (tertiary/aromatic N) is 1. The highest BCUT2D eigenvalue weighted by molar-refractivity contribution is 6.32. The lowest BCUT2D eigenvalue weighted by Crippen LogP contribution is -2.24. The molecule has 1 fully saturated rings. The van der Waals surface area contributed by atoms with Crippen molar-refractivity contribution in [3.05, 3.63) is 57.0 Å². The Balaban J connectivity index is 1.61. The van der Waals surface area contributed by atoms with E-state index >= 15 is 0 Å². The minimum Gasteiger partial charge on any atom is -0.484 e. The van der Waals surface area contributed by atoms with E-state index in [1.807, 2.05) is 0 Å². The van der Waals surface area contributed by atoms with Crippen molar-refractivity contribution in [2.24, 2.45) is 0 Å². The van der Waals surface area contributed by atoms with Gasteiger partial charge in [0.2, 0.25) is 0 Å². The third-order valence-corrected chi connectivity index (χ3v) is 3.59. The van der Waals surface area contributed by atoms with Crippen LogP contribution >= 0.6 is 11.6 Å². The molecule has 1 heterocycles. The molecule has 1 aromatic heterocycles. The number of hydrogen-bond donors (Lipinski definition) is 1. The predicted molar refractivity (Wildman–Crippen MR) is 81.6 cm³/mol. The van der Waals surface area contributed by atoms with Gasteiger partial charge in [-0.05, 0) is 31.0 Å². The summed E-state index contributed by atoms with van der Waals surface area (Å²) < 4.78 is 10.9. The van der Waals surface area contributed by atoms with Crippen LogP contribution in [0.4, 0.5) is 5.69 Å². The number of rotatable bonds is 6. The lowest BCUT2D eigenvalue weighted by molar-refractivity contribution is -0.384. The highest BCUT2D eigenvalue weighted by atomic mass is 35.5. The third kappa shape index (κ3) is 3.81. The Kier molecular flexibility index (Phi) is 4.20. The summed E-state index contributed by atoms with van der Waals surface area (Å²) in [6.45, 7) is 0.0637. The molecule has 0 saturated heterocycles. The second kappa shape index (κ2) is 6.29. The number of furan rings is 1. The number of carbonyl (C=O) groups is 1. The van der Waals surface area contributed by atoms with Gasteiger partial charge in [-0.1, -0.05) is 11.6 Å². The number of benzene rings is 1. The molecule has 0 unspecified atom stereocenters. The van der Waals surface area contributed by atoms with Crippen LogP contribution in [0.2, 0.25) is 5.02 Å². The second-order valence-corrected chi connectivity index (χ2v) is 5.58. The Labute approximate surface area is 136 Å². The number of non-ortho nitro benzene ring substituents is 1. The molecule has 0 bridgehead atoms. The van der Waals surface area contributed by atoms with E-state index in [2.05, 4.69) is 5.32 Å². The number of hydrogen-bond acceptors (Lipinski definition) is 5. The third-order valence-electron chi connectivity index (χ3n) is 3.29. The molecule has 23 heavy (non-hydrogen) atoms. The van der Waals surface area contributed by atoms with Crippen LogP contribution in [0.15, 0.2) is 34.7 Å². The van der Waals surface area contributed by atoms with Crippen molar-refractivity contribution >= 4 is 23.2 Å². The lowest BCUT2D eigenvalue weighted by atomic mass is 10.3. The summed E-state index contributed by atoms with van der Waals surface area (Å²) in [6, 6.07) is 7.41. The number of nitro benzene ring substituents is 1. The van der Waals surface area contributed by atoms with E-state index < -0.39 is 4.92 Å². The van der Waals surface area contributed by atoms with E-state index in [-0.39, 0.29) is 35.0 Å². The maximum absolute atomic E-state index is 11.8. The van der Waals surface area contributed by atoms with Crippen molar-refractivity contribution in [3.8, 4) is 5.75 Å². The van der Waals surface area contributed by atoms with Gasteiger partial charge in [-0.15, -0.1) is 0 Å². The summed E-state index contributed by atoms with van der Waals surface area (Å²) in [5, 5.41) is 13.6. The van der Waals surface area contributed by atoms with Gasteiger partial charge in [-0.25, -0.2) is 0 Å². The highest BCUT2D eigenvalue weighted by Gasteiger charge is 2.25. The van der Waals surface area contributed by atoms with Crippen LogP contribution < -0.4 is 10.1 Å². The Hall–Kier alpha value is -2.54. The number of nitrogens with one attached hydrogen (secondary N) is 1. The number of nitro groups is 1. The van der Waals surface area contributed by atoms with E-state index in [4.69, 9.17) is 20.8 Å². The van der Waals surface area contributed by atoms with E-state index in [1.54, 1.807) is 12.1 Å². The fraction of sp³-hybridized carbons (Fsp3) is 0.267. The van der Waals surface area contributed by atoms with Gasteiger partial charge in [-0.2, -0.15) is 0 Å². The fourth-order valence-corrected chi connectivity index (χ4v) is 2.16. The van der Waals surface area contributed by atoms with E-state index in [1.165, 1.54) is 18.2 Å². The molecule has 2 aromatic rings. The largest absolute Gasteiger partial charge is 0.484 e. The molecule has 1 aliphatic carbocycles. The first-order valence-corrected chi connectivity index (χ1v) is 7.37. The SMILES string of the molecule is O=C(NC1CC1)c1ccc(COc2ccc([N+](=O)[O-])cc2Cl)o1. The molecule has 120 valence electrons. The summed E-state index contributed by atoms with van der Waals surface area (Å²) >= 11 is 5.94. The maximum Gasteiger partial charge on any atom is 0.287 e. The smallest absolute Gasteiger partial charge is 0.287 e. The van der Waals surface area contributed by atoms with Crippen molar-refractivity contribution in [2.75, 3.05) is 0 Å². The number of carbonyl (C=O) groups excluding carboxylic acids is 1. The van der Waals surface area contributed by atoms with Gasteiger partial charge in [0.1, 0.15) is 18.1 Å². The first-order valence-electron chi connectivity index (χ1n) is 6.99. The van der Waals surface area contributed by atoms with Crippen molar-refractivity contribution in [3.63, 3.8) is 0 Å². The average Bonchev–Trinajstić information content (AvgIpc) is 3.20. The summed E-state index contributed by atoms with van der Waals surface area (Å²) in [5.41, 5.74) is -0.112. The molecule has 0 aliphatic heterocycles. The van der Waals surface area contributed by atoms with Crippen molar-refractivity contribution in [2.45, 2.75) is 25.5 Å². The zero-order valence-electron chi connectivity index (χ0n) is 12.0. The van der Waals surface area contributed by atoms with Gasteiger partial charge in [-0.3, -0.25) is 14.9 Å². The number of amides is 1. The van der Waals surface area contributed by atoms with Crippen LogP contribution in [-0.4, -0.2) is 16.9 Å². The van der Waals surface area contributed by atoms with E-state index in [0.717, 1.165) is 12.8 Å². The molecule has 1 aromatic carbocycles. The normalized spacial score (nSPS) is 13.6. The molecular formula is C15H13ClN2O5. The van der Waals surface area contributed by atoms with Crippen LogP contribution in [-0.2, 0) is 6.61 Å². The molecular weight excluding hydrogens is 324 g/mol. The van der Waals surface area contributed by atoms with Crippen LogP contribution in [0.5, 0.6) is 5.75 Å². The van der Waals surface area contributed by atoms with Crippen LogP contribution in [0.3, 0.4) is 0 Å². The zero-order chi connectivity index (χ0) is 16.4. The van der Waals surface area contributed by atoms with Crippen molar-refractivity contribution in [1.82, 2.24) is 5.32 Å². The summed E-state index contributed by atoms with van der Waals surface area (Å²) in [4.78, 5) is 21.9. The zero-order valence-corrected chi connectivity index (χ0v) is 12.7. The van der Waals surface area contributed by atoms with Crippen LogP contribution in [0.25, 0.3) is 0 Å². The lowest BCUT2D eigenvalue weighted by Gasteiger charge is -2.06. The Morgan fingerprint density at radius 1 is 1.39 bits per heavy atom. The standard InChI is InChI=1S/C15H13ClN2O5/c16-12-7-10(18(20)21)3-5-13(12)22-8-11-4-6-14(23-11)15(19)17-9-1-2-9/h3-7,9H,1-2,8H2,(H,17,19). The second-order valence-electron chi connectivity index (χ2n) is 5.17. The van der Waals surface area contributed by atoms with E-state index in [9.17, 15) is 14.9 Å². The monoisotopic (exact) mass is 336 g/mol. The molecule has 8 heteroatoms. The molecule has 3 rings (SSSR count). The molecule has 0 radical (unpaired) electrons. The molecule has 1 amide bonds. The molecule has 7 nitrogen and oxygen atoms in total. The number of ether oxygens (including phenoxy) is 1. The average molecular weight is 337 g/mol. The van der Waals surface area contributed by atoms with Gasteiger partial charge < -0.3 is 14.5 Å². The first-order chi connectivity index (χ1) is 11.0. The van der Waals surface area contributed by atoms with Crippen LogP contribution in [0.1, 0.15) is 29.2 Å². The Bertz CT molecular complexity index is 754. The van der Waals surface area contributed by atoms with Gasteiger partial charge in [0.15, 0.2) is 5.76 Å². The predicted octanol–water partition coefficient (Wildman–Crippen LogP) is 3.31.